The molecule has 6 rings (SSSR count). The molecule has 0 N–H and O–H groups in total. The summed E-state index contributed by atoms with van der Waals surface area (Å²) in [5.74, 6) is 1.80. The second kappa shape index (κ2) is 7.72. The van der Waals surface area contributed by atoms with Crippen molar-refractivity contribution < 1.29 is 9.47 Å². The fourth-order valence-electron chi connectivity index (χ4n) is 4.79. The van der Waals surface area contributed by atoms with Crippen molar-refractivity contribution in [1.29, 1.82) is 0 Å². The summed E-state index contributed by atoms with van der Waals surface area (Å²) >= 11 is 0. The van der Waals surface area contributed by atoms with Crippen LogP contribution in [0.5, 0.6) is 11.5 Å². The molecule has 2 aliphatic rings. The highest BCUT2D eigenvalue weighted by Gasteiger charge is 2.41. The van der Waals surface area contributed by atoms with Crippen LogP contribution in [-0.2, 0) is 0 Å². The molecule has 0 spiro atoms. The summed E-state index contributed by atoms with van der Waals surface area (Å²) in [5, 5.41) is 9.74. The van der Waals surface area contributed by atoms with Gasteiger partial charge < -0.3 is 9.47 Å². The Balaban J connectivity index is 1.44. The van der Waals surface area contributed by atoms with Crippen LogP contribution in [-0.4, -0.2) is 17.3 Å². The zero-order valence-electron chi connectivity index (χ0n) is 17.9. The van der Waals surface area contributed by atoms with E-state index in [0.717, 1.165) is 29.2 Å². The Morgan fingerprint density at radius 2 is 1.69 bits per heavy atom. The summed E-state index contributed by atoms with van der Waals surface area (Å²) in [6.45, 7) is 2.65. The Bertz CT molecular complexity index is 1310. The predicted octanol–water partition coefficient (Wildman–Crippen LogP) is 6.48. The highest BCUT2D eigenvalue weighted by Crippen LogP contribution is 2.47. The second-order valence-corrected chi connectivity index (χ2v) is 8.18. The molecule has 0 saturated heterocycles. The summed E-state index contributed by atoms with van der Waals surface area (Å²) in [7, 11) is 0. The van der Waals surface area contributed by atoms with Gasteiger partial charge in [-0.3, -0.25) is 0 Å². The molecule has 4 aromatic carbocycles. The second-order valence-electron chi connectivity index (χ2n) is 8.18. The van der Waals surface area contributed by atoms with Gasteiger partial charge in [-0.05, 0) is 48.0 Å². The maximum absolute atomic E-state index is 6.48. The number of hydrazone groups is 1. The van der Waals surface area contributed by atoms with Crippen LogP contribution in [0.1, 0.15) is 42.3 Å². The smallest absolute Gasteiger partial charge is 0.213 e. The van der Waals surface area contributed by atoms with Gasteiger partial charge in [-0.15, -0.1) is 0 Å². The summed E-state index contributed by atoms with van der Waals surface area (Å²) in [4.78, 5) is 0. The van der Waals surface area contributed by atoms with Crippen molar-refractivity contribution in [2.45, 2.75) is 25.6 Å². The van der Waals surface area contributed by atoms with Crippen LogP contribution < -0.4 is 9.47 Å². The molecule has 0 fully saturated rings. The third-order valence-electron chi connectivity index (χ3n) is 6.28. The van der Waals surface area contributed by atoms with Crippen molar-refractivity contribution in [2.75, 3.05) is 6.61 Å². The molecule has 158 valence electrons. The summed E-state index contributed by atoms with van der Waals surface area (Å²) in [6.07, 6.45) is 0.570. The molecule has 2 aliphatic heterocycles. The molecule has 0 aliphatic carbocycles. The van der Waals surface area contributed by atoms with Crippen LogP contribution in [0.15, 0.2) is 96.1 Å². The minimum absolute atomic E-state index is 0.144. The number of fused-ring (bicyclic) bond motifs is 4. The summed E-state index contributed by atoms with van der Waals surface area (Å²) in [5.41, 5.74) is 4.55. The standard InChI is InChI=1S/C28H24N2O2/c1-2-31-21-16-14-20(15-17-21)28-30-26(24-11-5-6-13-27(24)32-28)18-25(29-30)23-12-7-9-19-8-3-4-10-22(19)23/h3-17,26,28H,2,18H2,1H3/t26-,28+/m0/s1. The molecular weight excluding hydrogens is 396 g/mol. The van der Waals surface area contributed by atoms with E-state index in [9.17, 15) is 0 Å². The van der Waals surface area contributed by atoms with Crippen LogP contribution in [0, 0.1) is 0 Å². The van der Waals surface area contributed by atoms with E-state index in [0.29, 0.717) is 6.61 Å². The number of nitrogens with zero attached hydrogens (tertiary/aromatic N) is 2. The van der Waals surface area contributed by atoms with Crippen molar-refractivity contribution in [3.05, 3.63) is 108 Å². The lowest BCUT2D eigenvalue weighted by Gasteiger charge is -2.38. The molecule has 0 aromatic heterocycles. The van der Waals surface area contributed by atoms with E-state index in [1.807, 2.05) is 25.1 Å². The Kier molecular flexibility index (Phi) is 4.57. The van der Waals surface area contributed by atoms with E-state index in [1.165, 1.54) is 21.9 Å². The van der Waals surface area contributed by atoms with Gasteiger partial charge in [0, 0.05) is 23.1 Å². The molecular formula is C28H24N2O2. The lowest BCUT2D eigenvalue weighted by molar-refractivity contribution is -0.0190. The topological polar surface area (TPSA) is 34.1 Å². The first-order valence-corrected chi connectivity index (χ1v) is 11.1. The number of hydrogen-bond acceptors (Lipinski definition) is 4. The Morgan fingerprint density at radius 1 is 0.906 bits per heavy atom. The van der Waals surface area contributed by atoms with E-state index in [1.54, 1.807) is 0 Å². The SMILES string of the molecule is CCOc1ccc([C@H]2Oc3ccccc3[C@@H]3CC(c4cccc5ccccc45)=NN23)cc1. The molecule has 4 nitrogen and oxygen atoms in total. The Labute approximate surface area is 187 Å². The maximum Gasteiger partial charge on any atom is 0.213 e. The van der Waals surface area contributed by atoms with E-state index < -0.39 is 0 Å². The molecule has 0 bridgehead atoms. The van der Waals surface area contributed by atoms with Crippen LogP contribution >= 0.6 is 0 Å². The minimum atomic E-state index is -0.280. The molecule has 0 saturated carbocycles. The summed E-state index contributed by atoms with van der Waals surface area (Å²) < 4.78 is 12.1. The molecule has 4 aromatic rings. The number of hydrogen-bond donors (Lipinski definition) is 0. The molecule has 0 amide bonds. The molecule has 0 radical (unpaired) electrons. The summed E-state index contributed by atoms with van der Waals surface area (Å²) in [6, 6.07) is 31.6. The van der Waals surface area contributed by atoms with Gasteiger partial charge in [-0.25, -0.2) is 5.01 Å². The quantitative estimate of drug-likeness (QED) is 0.379. The van der Waals surface area contributed by atoms with Crippen molar-refractivity contribution in [1.82, 2.24) is 5.01 Å². The van der Waals surface area contributed by atoms with Crippen molar-refractivity contribution in [3.8, 4) is 11.5 Å². The average Bonchev–Trinajstić information content (AvgIpc) is 3.29. The first kappa shape index (κ1) is 18.9. The number of ether oxygens (including phenoxy) is 2. The van der Waals surface area contributed by atoms with Crippen molar-refractivity contribution in [2.24, 2.45) is 5.10 Å². The molecule has 4 heteroatoms. The van der Waals surface area contributed by atoms with Gasteiger partial charge in [0.05, 0.1) is 18.4 Å². The minimum Gasteiger partial charge on any atom is -0.494 e. The lowest BCUT2D eigenvalue weighted by Crippen LogP contribution is -2.33. The van der Waals surface area contributed by atoms with Crippen molar-refractivity contribution >= 4 is 16.5 Å². The van der Waals surface area contributed by atoms with Crippen LogP contribution in [0.4, 0.5) is 0 Å². The Hall–Kier alpha value is -3.79. The number of benzene rings is 4. The predicted molar refractivity (Wildman–Crippen MR) is 127 cm³/mol. The maximum atomic E-state index is 6.48. The fraction of sp³-hybridized carbons (Fsp3) is 0.179. The van der Waals surface area contributed by atoms with Gasteiger partial charge in [-0.1, -0.05) is 60.7 Å². The molecule has 2 atom stereocenters. The third-order valence-corrected chi connectivity index (χ3v) is 6.28. The van der Waals surface area contributed by atoms with E-state index >= 15 is 0 Å². The van der Waals surface area contributed by atoms with Gasteiger partial charge in [0.15, 0.2) is 0 Å². The fourth-order valence-corrected chi connectivity index (χ4v) is 4.79. The average molecular weight is 421 g/mol. The van der Waals surface area contributed by atoms with Crippen LogP contribution in [0.2, 0.25) is 0 Å². The van der Waals surface area contributed by atoms with Gasteiger partial charge in [0.1, 0.15) is 11.5 Å². The largest absolute Gasteiger partial charge is 0.494 e. The normalized spacial score (nSPS) is 19.2. The molecule has 2 heterocycles. The highest BCUT2D eigenvalue weighted by molar-refractivity contribution is 6.11. The lowest BCUT2D eigenvalue weighted by atomic mass is 9.93. The van der Waals surface area contributed by atoms with Crippen LogP contribution in [0.25, 0.3) is 10.8 Å². The monoisotopic (exact) mass is 420 g/mol. The number of rotatable bonds is 4. The number of para-hydroxylation sites is 1. The first-order valence-electron chi connectivity index (χ1n) is 11.1. The first-order chi connectivity index (χ1) is 15.8. The van der Waals surface area contributed by atoms with Gasteiger partial charge in [0.25, 0.3) is 0 Å². The van der Waals surface area contributed by atoms with Crippen LogP contribution in [0.3, 0.4) is 0 Å². The van der Waals surface area contributed by atoms with Gasteiger partial charge in [-0.2, -0.15) is 5.10 Å². The molecule has 0 unspecified atom stereocenters. The molecule has 32 heavy (non-hydrogen) atoms. The zero-order chi connectivity index (χ0) is 21.5. The third kappa shape index (κ3) is 3.11. The van der Waals surface area contributed by atoms with Crippen molar-refractivity contribution in [3.63, 3.8) is 0 Å². The zero-order valence-corrected chi connectivity index (χ0v) is 17.9. The highest BCUT2D eigenvalue weighted by atomic mass is 16.5. The Morgan fingerprint density at radius 3 is 2.56 bits per heavy atom. The van der Waals surface area contributed by atoms with E-state index in [4.69, 9.17) is 14.6 Å². The van der Waals surface area contributed by atoms with Gasteiger partial charge in [0.2, 0.25) is 6.23 Å². The van der Waals surface area contributed by atoms with Gasteiger partial charge >= 0.3 is 0 Å². The van der Waals surface area contributed by atoms with E-state index in [-0.39, 0.29) is 12.3 Å². The van der Waals surface area contributed by atoms with E-state index in [2.05, 4.69) is 77.8 Å².